The van der Waals surface area contributed by atoms with Gasteiger partial charge in [0.15, 0.2) is 0 Å². The summed E-state index contributed by atoms with van der Waals surface area (Å²) in [6, 6.07) is 105. The fourth-order valence-corrected chi connectivity index (χ4v) is 11.4. The van der Waals surface area contributed by atoms with Gasteiger partial charge in [-0.25, -0.2) is 0 Å². The number of benzene rings is 12. The summed E-state index contributed by atoms with van der Waals surface area (Å²) in [4.78, 5) is 9.01. The Morgan fingerprint density at radius 1 is 0.373 bits per heavy atom. The summed E-state index contributed by atoms with van der Waals surface area (Å²) >= 11 is 7.09. The van der Waals surface area contributed by atoms with Gasteiger partial charge in [-0.3, -0.25) is 0 Å². The lowest BCUT2D eigenvalue weighted by molar-refractivity contribution is 0.483. The second-order valence-electron chi connectivity index (χ2n) is 20.4. The fourth-order valence-electron chi connectivity index (χ4n) is 11.2. The van der Waals surface area contributed by atoms with Crippen LogP contribution in [0.4, 0.5) is 68.2 Å². The number of nitrogens with zero attached hydrogens (tertiary/aromatic N) is 4. The van der Waals surface area contributed by atoms with Crippen molar-refractivity contribution in [3.63, 3.8) is 0 Å². The number of rotatable bonds is 12. The molecule has 0 atom stereocenters. The van der Waals surface area contributed by atoms with Crippen LogP contribution >= 0.6 is 11.6 Å². The number of anilines is 12. The molecule has 0 bridgehead atoms. The summed E-state index contributed by atoms with van der Waals surface area (Å²) in [7, 11) is 0. The van der Waals surface area contributed by atoms with Crippen LogP contribution in [0.3, 0.4) is 0 Å². The van der Waals surface area contributed by atoms with Gasteiger partial charge in [0.05, 0.1) is 5.69 Å². The highest BCUT2D eigenvalue weighted by Gasteiger charge is 2.41. The quantitative estimate of drug-likeness (QED) is 0.113. The van der Waals surface area contributed by atoms with Crippen LogP contribution in [0.25, 0.3) is 0 Å². The Morgan fingerprint density at radius 3 is 1.40 bits per heavy atom. The predicted molar refractivity (Wildman–Crippen MR) is 351 cm³/mol. The smallest absolute Gasteiger partial charge is 0.256 e. The number of ether oxygens (including phenoxy) is 2. The Kier molecular flexibility index (Phi) is 15.4. The first-order valence-electron chi connectivity index (χ1n) is 27.6. The third kappa shape index (κ3) is 10.8. The van der Waals surface area contributed by atoms with Crippen molar-refractivity contribution in [3.05, 3.63) is 319 Å². The van der Waals surface area contributed by atoms with E-state index in [1.165, 1.54) is 33.2 Å². The molecular formula is C75H60BClN4O2. The lowest BCUT2D eigenvalue weighted by Crippen LogP contribution is -2.59. The second kappa shape index (κ2) is 23.9. The number of halogens is 1. The van der Waals surface area contributed by atoms with E-state index in [0.717, 1.165) is 74.1 Å². The molecule has 0 spiro atoms. The molecule has 0 aromatic heterocycles. The molecule has 402 valence electrons. The van der Waals surface area contributed by atoms with E-state index in [-0.39, 0.29) is 14.1 Å². The SMILES string of the molecule is C.Cc1ccc(N(c2ccccc2)c2ccc3c(c2)Oc2cccc4c2B3c2ccccc2N4c2ccccc2)cc1.Cc1ccc(N(c2ccccc2)c2cccc(Oc3cccc(N(c4ccccc4)c4ccccc4)c3Cl)c2)cc1. The van der Waals surface area contributed by atoms with Gasteiger partial charge in [-0.1, -0.05) is 188 Å². The lowest BCUT2D eigenvalue weighted by Gasteiger charge is -2.40. The van der Waals surface area contributed by atoms with E-state index in [1.54, 1.807) is 0 Å². The van der Waals surface area contributed by atoms with Crippen molar-refractivity contribution in [2.45, 2.75) is 21.3 Å². The first-order valence-corrected chi connectivity index (χ1v) is 28.0. The van der Waals surface area contributed by atoms with Crippen molar-refractivity contribution in [1.29, 1.82) is 0 Å². The molecule has 0 amide bonds. The lowest BCUT2D eigenvalue weighted by atomic mass is 9.34. The highest BCUT2D eigenvalue weighted by atomic mass is 35.5. The highest BCUT2D eigenvalue weighted by molar-refractivity contribution is 6.99. The molecule has 0 saturated heterocycles. The average Bonchev–Trinajstić information content (AvgIpc) is 2.06. The summed E-state index contributed by atoms with van der Waals surface area (Å²) < 4.78 is 13.2. The van der Waals surface area contributed by atoms with Crippen molar-refractivity contribution < 1.29 is 9.47 Å². The Labute approximate surface area is 493 Å². The van der Waals surface area contributed by atoms with Crippen molar-refractivity contribution in [2.75, 3.05) is 19.6 Å². The summed E-state index contributed by atoms with van der Waals surface area (Å²) in [6.45, 7) is 4.30. The van der Waals surface area contributed by atoms with Crippen molar-refractivity contribution >= 4 is 103 Å². The van der Waals surface area contributed by atoms with Crippen LogP contribution in [-0.4, -0.2) is 6.71 Å². The Balaban J connectivity index is 0.000000162. The van der Waals surface area contributed by atoms with Gasteiger partial charge >= 0.3 is 0 Å². The molecular weight excluding hydrogens is 1040 g/mol. The molecule has 2 aliphatic rings. The molecule has 6 nitrogen and oxygen atoms in total. The van der Waals surface area contributed by atoms with E-state index in [1.807, 2.05) is 91.0 Å². The maximum atomic E-state index is 7.09. The normalized spacial score (nSPS) is 11.5. The van der Waals surface area contributed by atoms with Crippen LogP contribution < -0.4 is 45.5 Å². The van der Waals surface area contributed by atoms with Crippen LogP contribution in [0.5, 0.6) is 23.0 Å². The minimum atomic E-state index is 0. The van der Waals surface area contributed by atoms with Gasteiger partial charge in [-0.05, 0) is 164 Å². The molecule has 8 heteroatoms. The van der Waals surface area contributed by atoms with E-state index >= 15 is 0 Å². The Hall–Kier alpha value is -10.2. The van der Waals surface area contributed by atoms with Crippen LogP contribution in [0.2, 0.25) is 5.02 Å². The predicted octanol–water partition coefficient (Wildman–Crippen LogP) is 19.9. The van der Waals surface area contributed by atoms with Gasteiger partial charge in [-0.2, -0.15) is 0 Å². The zero-order valence-corrected chi connectivity index (χ0v) is 46.2. The van der Waals surface area contributed by atoms with Crippen LogP contribution in [0.1, 0.15) is 18.6 Å². The minimum absolute atomic E-state index is 0. The first kappa shape index (κ1) is 53.4. The van der Waals surface area contributed by atoms with E-state index in [2.05, 4.69) is 246 Å². The first-order chi connectivity index (χ1) is 40.4. The fraction of sp³-hybridized carbons (Fsp3) is 0.0400. The van der Waals surface area contributed by atoms with Gasteiger partial charge < -0.3 is 29.1 Å². The molecule has 83 heavy (non-hydrogen) atoms. The molecule has 14 rings (SSSR count). The molecule has 0 aliphatic carbocycles. The summed E-state index contributed by atoms with van der Waals surface area (Å²) in [5.41, 5.74) is 18.9. The van der Waals surface area contributed by atoms with Gasteiger partial charge in [0.25, 0.3) is 6.71 Å². The zero-order chi connectivity index (χ0) is 55.4. The summed E-state index contributed by atoms with van der Waals surface area (Å²) in [6.07, 6.45) is 0. The number of fused-ring (bicyclic) bond motifs is 4. The summed E-state index contributed by atoms with van der Waals surface area (Å²) in [5, 5.41) is 0.532. The number of hydrogen-bond donors (Lipinski definition) is 0. The monoisotopic (exact) mass is 1090 g/mol. The molecule has 12 aromatic carbocycles. The number of aryl methyl sites for hydroxylation is 2. The maximum absolute atomic E-state index is 7.09. The van der Waals surface area contributed by atoms with Crippen molar-refractivity contribution in [2.24, 2.45) is 0 Å². The molecule has 2 heterocycles. The average molecular weight is 1100 g/mol. The second-order valence-corrected chi connectivity index (χ2v) is 20.8. The summed E-state index contributed by atoms with van der Waals surface area (Å²) in [5.74, 6) is 3.09. The maximum Gasteiger partial charge on any atom is 0.256 e. The van der Waals surface area contributed by atoms with Crippen molar-refractivity contribution in [1.82, 2.24) is 0 Å². The van der Waals surface area contributed by atoms with Gasteiger partial charge in [0, 0.05) is 74.7 Å². The van der Waals surface area contributed by atoms with E-state index in [0.29, 0.717) is 16.5 Å². The molecule has 0 unspecified atom stereocenters. The van der Waals surface area contributed by atoms with Gasteiger partial charge in [-0.15, -0.1) is 0 Å². The molecule has 0 N–H and O–H groups in total. The third-order valence-corrected chi connectivity index (χ3v) is 15.4. The Bertz CT molecular complexity index is 4120. The Morgan fingerprint density at radius 2 is 0.819 bits per heavy atom. The van der Waals surface area contributed by atoms with Gasteiger partial charge in [0.1, 0.15) is 28.0 Å². The molecule has 0 fully saturated rings. The number of para-hydroxylation sites is 6. The van der Waals surface area contributed by atoms with E-state index in [4.69, 9.17) is 21.1 Å². The van der Waals surface area contributed by atoms with Crippen LogP contribution in [0, 0.1) is 13.8 Å². The van der Waals surface area contributed by atoms with Crippen molar-refractivity contribution in [3.8, 4) is 23.0 Å². The standard InChI is InChI=1S/C37H27BN2O.C37H29ClN2O.CH4/c1-26-19-21-29(22-20-26)39(27-11-4-2-5-12-27)30-23-24-32-36(25-30)41-35-18-10-17-34-37(35)38(32)31-15-8-9-16-33(31)40(34)28-13-6-3-7-14-28;1-28-23-25-32(26-24-28)39(29-13-5-2-6-14-29)33-19-11-20-34(27-33)41-36-22-12-21-35(37(36)38)40(30-15-7-3-8-16-30)31-17-9-4-10-18-31;/h2-25H,1H3;2-27H,1H3;1H4. The zero-order valence-electron chi connectivity index (χ0n) is 45.4. The van der Waals surface area contributed by atoms with E-state index in [9.17, 15) is 0 Å². The molecule has 12 aromatic rings. The van der Waals surface area contributed by atoms with Crippen LogP contribution in [0.15, 0.2) is 303 Å². The number of hydrogen-bond acceptors (Lipinski definition) is 6. The minimum Gasteiger partial charge on any atom is -0.458 e. The largest absolute Gasteiger partial charge is 0.458 e. The topological polar surface area (TPSA) is 31.4 Å². The highest BCUT2D eigenvalue weighted by Crippen LogP contribution is 2.46. The van der Waals surface area contributed by atoms with E-state index < -0.39 is 0 Å². The third-order valence-electron chi connectivity index (χ3n) is 15.0. The van der Waals surface area contributed by atoms with Crippen LogP contribution in [-0.2, 0) is 0 Å². The molecule has 0 saturated carbocycles. The van der Waals surface area contributed by atoms with Gasteiger partial charge in [0.2, 0.25) is 0 Å². The molecule has 0 radical (unpaired) electrons. The molecule has 2 aliphatic heterocycles.